The summed E-state index contributed by atoms with van der Waals surface area (Å²) in [6, 6.07) is 22.3. The van der Waals surface area contributed by atoms with Crippen molar-refractivity contribution < 1.29 is 18.7 Å². The van der Waals surface area contributed by atoms with Crippen LogP contribution in [0.1, 0.15) is 30.0 Å². The number of carbonyl (C=O) groups is 2. The number of halogens is 1. The first-order valence-corrected chi connectivity index (χ1v) is 11.5. The molecule has 5 nitrogen and oxygen atoms in total. The van der Waals surface area contributed by atoms with Crippen molar-refractivity contribution in [1.82, 2.24) is 10.2 Å². The van der Waals surface area contributed by atoms with Gasteiger partial charge in [0.05, 0.1) is 0 Å². The van der Waals surface area contributed by atoms with Gasteiger partial charge >= 0.3 is 0 Å². The molecule has 0 aliphatic heterocycles. The zero-order valence-corrected chi connectivity index (χ0v) is 19.7. The predicted molar refractivity (Wildman–Crippen MR) is 131 cm³/mol. The van der Waals surface area contributed by atoms with Crippen LogP contribution in [0.25, 0.3) is 0 Å². The Morgan fingerprint density at radius 3 is 2.26 bits per heavy atom. The Labute approximate surface area is 200 Å². The SMILES string of the molecule is CCCNC(=O)[C@@H](Cc1ccccc1)N(Cc1ccc(C)cc1)C(=O)COc1ccc(F)cc1. The van der Waals surface area contributed by atoms with E-state index in [1.807, 2.05) is 68.4 Å². The summed E-state index contributed by atoms with van der Waals surface area (Å²) in [5.41, 5.74) is 2.99. The van der Waals surface area contributed by atoms with E-state index in [4.69, 9.17) is 4.74 Å². The molecule has 0 aliphatic carbocycles. The van der Waals surface area contributed by atoms with Crippen LogP contribution in [0.2, 0.25) is 0 Å². The Balaban J connectivity index is 1.87. The fourth-order valence-electron chi connectivity index (χ4n) is 3.57. The van der Waals surface area contributed by atoms with E-state index in [0.29, 0.717) is 18.7 Å². The number of hydrogen-bond donors (Lipinski definition) is 1. The Bertz CT molecular complexity index is 1050. The normalized spacial score (nSPS) is 11.5. The predicted octanol–water partition coefficient (Wildman–Crippen LogP) is 4.68. The van der Waals surface area contributed by atoms with E-state index in [9.17, 15) is 14.0 Å². The van der Waals surface area contributed by atoms with Crippen LogP contribution < -0.4 is 10.1 Å². The quantitative estimate of drug-likeness (QED) is 0.450. The smallest absolute Gasteiger partial charge is 0.261 e. The summed E-state index contributed by atoms with van der Waals surface area (Å²) in [4.78, 5) is 28.2. The molecule has 2 amide bonds. The van der Waals surface area contributed by atoms with E-state index >= 15 is 0 Å². The maximum Gasteiger partial charge on any atom is 0.261 e. The van der Waals surface area contributed by atoms with E-state index in [1.165, 1.54) is 24.3 Å². The summed E-state index contributed by atoms with van der Waals surface area (Å²) in [5, 5.41) is 2.95. The lowest BCUT2D eigenvalue weighted by molar-refractivity contribution is -0.142. The minimum absolute atomic E-state index is 0.201. The van der Waals surface area contributed by atoms with Crippen molar-refractivity contribution in [1.29, 1.82) is 0 Å². The van der Waals surface area contributed by atoms with Crippen LogP contribution in [0.5, 0.6) is 5.75 Å². The third-order valence-corrected chi connectivity index (χ3v) is 5.47. The van der Waals surface area contributed by atoms with Crippen LogP contribution >= 0.6 is 0 Å². The Morgan fingerprint density at radius 2 is 1.62 bits per heavy atom. The molecule has 0 aliphatic rings. The first-order valence-electron chi connectivity index (χ1n) is 11.5. The number of carbonyl (C=O) groups excluding carboxylic acids is 2. The number of benzene rings is 3. The molecule has 0 spiro atoms. The largest absolute Gasteiger partial charge is 0.484 e. The van der Waals surface area contributed by atoms with Crippen molar-refractivity contribution in [3.05, 3.63) is 101 Å². The van der Waals surface area contributed by atoms with Gasteiger partial charge in [-0.05, 0) is 48.7 Å². The fraction of sp³-hybridized carbons (Fsp3) is 0.286. The number of ether oxygens (including phenoxy) is 1. The van der Waals surface area contributed by atoms with E-state index in [-0.39, 0.29) is 30.8 Å². The molecule has 1 N–H and O–H groups in total. The monoisotopic (exact) mass is 462 g/mol. The molecule has 0 saturated carbocycles. The van der Waals surface area contributed by atoms with Crippen molar-refractivity contribution in [3.8, 4) is 5.75 Å². The highest BCUT2D eigenvalue weighted by Crippen LogP contribution is 2.17. The van der Waals surface area contributed by atoms with E-state index in [2.05, 4.69) is 5.32 Å². The summed E-state index contributed by atoms with van der Waals surface area (Å²) < 4.78 is 18.8. The van der Waals surface area contributed by atoms with Crippen molar-refractivity contribution in [2.45, 2.75) is 39.3 Å². The van der Waals surface area contributed by atoms with Gasteiger partial charge < -0.3 is 15.0 Å². The molecule has 3 rings (SSSR count). The van der Waals surface area contributed by atoms with Crippen LogP contribution in [-0.2, 0) is 22.6 Å². The Hall–Kier alpha value is -3.67. The highest BCUT2D eigenvalue weighted by Gasteiger charge is 2.30. The summed E-state index contributed by atoms with van der Waals surface area (Å²) in [6.07, 6.45) is 1.17. The van der Waals surface area contributed by atoms with Crippen molar-refractivity contribution in [2.75, 3.05) is 13.2 Å². The molecule has 0 saturated heterocycles. The fourth-order valence-corrected chi connectivity index (χ4v) is 3.57. The van der Waals surface area contributed by atoms with Crippen molar-refractivity contribution >= 4 is 11.8 Å². The van der Waals surface area contributed by atoms with Crippen molar-refractivity contribution in [2.24, 2.45) is 0 Å². The molecule has 0 unspecified atom stereocenters. The zero-order chi connectivity index (χ0) is 24.3. The van der Waals surface area contributed by atoms with Gasteiger partial charge in [-0.1, -0.05) is 67.1 Å². The molecular formula is C28H31FN2O3. The number of aryl methyl sites for hydroxylation is 1. The van der Waals surface area contributed by atoms with E-state index in [0.717, 1.165) is 23.1 Å². The number of hydrogen-bond acceptors (Lipinski definition) is 3. The first kappa shape index (κ1) is 25.0. The van der Waals surface area contributed by atoms with Crippen LogP contribution in [0.15, 0.2) is 78.9 Å². The van der Waals surface area contributed by atoms with Gasteiger partial charge in [0.15, 0.2) is 6.61 Å². The molecule has 0 fully saturated rings. The van der Waals surface area contributed by atoms with Gasteiger partial charge in [-0.2, -0.15) is 0 Å². The average Bonchev–Trinajstić information content (AvgIpc) is 2.86. The zero-order valence-electron chi connectivity index (χ0n) is 19.7. The summed E-state index contributed by atoms with van der Waals surface area (Å²) in [6.45, 7) is 4.52. The topological polar surface area (TPSA) is 58.6 Å². The van der Waals surface area contributed by atoms with Crippen LogP contribution in [0.4, 0.5) is 4.39 Å². The lowest BCUT2D eigenvalue weighted by Crippen LogP contribution is -2.51. The summed E-state index contributed by atoms with van der Waals surface area (Å²) >= 11 is 0. The molecule has 0 bridgehead atoms. The van der Waals surface area contributed by atoms with E-state index in [1.54, 1.807) is 4.90 Å². The third-order valence-electron chi connectivity index (χ3n) is 5.47. The average molecular weight is 463 g/mol. The highest BCUT2D eigenvalue weighted by atomic mass is 19.1. The first-order chi connectivity index (χ1) is 16.5. The lowest BCUT2D eigenvalue weighted by Gasteiger charge is -2.31. The molecule has 178 valence electrons. The molecular weight excluding hydrogens is 431 g/mol. The number of amides is 2. The van der Waals surface area contributed by atoms with Gasteiger partial charge in [-0.25, -0.2) is 4.39 Å². The Morgan fingerprint density at radius 1 is 0.941 bits per heavy atom. The highest BCUT2D eigenvalue weighted by molar-refractivity contribution is 5.88. The van der Waals surface area contributed by atoms with Crippen molar-refractivity contribution in [3.63, 3.8) is 0 Å². The van der Waals surface area contributed by atoms with Gasteiger partial charge in [0.2, 0.25) is 5.91 Å². The van der Waals surface area contributed by atoms with Gasteiger partial charge in [0.1, 0.15) is 17.6 Å². The molecule has 1 atom stereocenters. The maximum absolute atomic E-state index is 13.4. The molecule has 3 aromatic carbocycles. The van der Waals surface area contributed by atoms with Crippen LogP contribution in [0.3, 0.4) is 0 Å². The van der Waals surface area contributed by atoms with Gasteiger partial charge in [-0.3, -0.25) is 9.59 Å². The molecule has 3 aromatic rings. The summed E-state index contributed by atoms with van der Waals surface area (Å²) in [7, 11) is 0. The number of nitrogens with zero attached hydrogens (tertiary/aromatic N) is 1. The second-order valence-electron chi connectivity index (χ2n) is 8.25. The summed E-state index contributed by atoms with van der Waals surface area (Å²) in [5.74, 6) is -0.513. The lowest BCUT2D eigenvalue weighted by atomic mass is 10.0. The van der Waals surface area contributed by atoms with Gasteiger partial charge in [0, 0.05) is 19.5 Å². The minimum Gasteiger partial charge on any atom is -0.484 e. The van der Waals surface area contributed by atoms with Gasteiger partial charge in [0.25, 0.3) is 5.91 Å². The second-order valence-corrected chi connectivity index (χ2v) is 8.25. The number of rotatable bonds is 11. The van der Waals surface area contributed by atoms with E-state index < -0.39 is 6.04 Å². The third kappa shape index (κ3) is 7.44. The minimum atomic E-state index is -0.709. The molecule has 6 heteroatoms. The molecule has 0 radical (unpaired) electrons. The molecule has 0 heterocycles. The van der Waals surface area contributed by atoms with Gasteiger partial charge in [-0.15, -0.1) is 0 Å². The number of nitrogens with one attached hydrogen (secondary N) is 1. The standard InChI is InChI=1S/C28H31FN2O3/c1-3-17-30-28(33)26(18-22-7-5-4-6-8-22)31(19-23-11-9-21(2)10-12-23)27(32)20-34-25-15-13-24(29)14-16-25/h4-16,26H,3,17-20H2,1-2H3,(H,30,33)/t26-/m1/s1. The van der Waals surface area contributed by atoms with Crippen LogP contribution in [0, 0.1) is 12.7 Å². The van der Waals surface area contributed by atoms with Crippen LogP contribution in [-0.4, -0.2) is 35.9 Å². The maximum atomic E-state index is 13.4. The molecule has 34 heavy (non-hydrogen) atoms. The Kier molecular flexibility index (Phi) is 9.21. The second kappa shape index (κ2) is 12.5. The molecule has 0 aromatic heterocycles.